The van der Waals surface area contributed by atoms with Crippen LogP contribution >= 0.6 is 0 Å². The van der Waals surface area contributed by atoms with Crippen molar-refractivity contribution in [1.29, 1.82) is 0 Å². The number of nitrogens with two attached hydrogens (primary N) is 1. The molecule has 2 N–H and O–H groups in total. The fourth-order valence-corrected chi connectivity index (χ4v) is 0.939. The van der Waals surface area contributed by atoms with Gasteiger partial charge in [0.1, 0.15) is 0 Å². The molecule has 0 aliphatic carbocycles. The molecule has 12 heavy (non-hydrogen) atoms. The molecule has 0 saturated carbocycles. The van der Waals surface area contributed by atoms with E-state index < -0.39 is 12.5 Å². The second-order valence-electron chi connectivity index (χ2n) is 2.51. The second kappa shape index (κ2) is 4.11. The summed E-state index contributed by atoms with van der Waals surface area (Å²) < 4.78 is 23.8. The van der Waals surface area contributed by atoms with E-state index in [1.165, 1.54) is 0 Å². The predicted molar refractivity (Wildman–Crippen MR) is 41.8 cm³/mol. The van der Waals surface area contributed by atoms with E-state index in [1.807, 2.05) is 0 Å². The third-order valence-corrected chi connectivity index (χ3v) is 1.57. The third kappa shape index (κ3) is 2.54. The van der Waals surface area contributed by atoms with E-state index in [-0.39, 0.29) is 6.42 Å². The lowest BCUT2D eigenvalue weighted by Gasteiger charge is -2.09. The van der Waals surface area contributed by atoms with Gasteiger partial charge in [0.25, 0.3) is 0 Å². The Bertz CT molecular complexity index is 226. The van der Waals surface area contributed by atoms with E-state index in [4.69, 9.17) is 5.73 Å². The van der Waals surface area contributed by atoms with Gasteiger partial charge in [-0.15, -0.1) is 0 Å². The van der Waals surface area contributed by atoms with E-state index in [1.54, 1.807) is 24.5 Å². The minimum absolute atomic E-state index is 0.302. The van der Waals surface area contributed by atoms with Crippen LogP contribution in [0.5, 0.6) is 0 Å². The number of pyridine rings is 1. The molecule has 0 radical (unpaired) electrons. The summed E-state index contributed by atoms with van der Waals surface area (Å²) in [5.41, 5.74) is 6.19. The summed E-state index contributed by atoms with van der Waals surface area (Å²) in [5, 5.41) is 0. The van der Waals surface area contributed by atoms with Crippen LogP contribution in [0.2, 0.25) is 0 Å². The topological polar surface area (TPSA) is 38.9 Å². The number of hydrogen-bond donors (Lipinski definition) is 1. The molecule has 66 valence electrons. The van der Waals surface area contributed by atoms with Crippen molar-refractivity contribution in [2.45, 2.75) is 18.9 Å². The molecule has 0 amide bonds. The van der Waals surface area contributed by atoms with Gasteiger partial charge in [-0.2, -0.15) is 0 Å². The highest BCUT2D eigenvalue weighted by Gasteiger charge is 2.11. The summed E-state index contributed by atoms with van der Waals surface area (Å²) in [5.74, 6) is 0. The zero-order valence-corrected chi connectivity index (χ0v) is 6.45. The first-order valence-electron chi connectivity index (χ1n) is 3.64. The van der Waals surface area contributed by atoms with Crippen LogP contribution in [0.4, 0.5) is 8.78 Å². The molecule has 0 spiro atoms. The van der Waals surface area contributed by atoms with Gasteiger partial charge in [0.15, 0.2) is 0 Å². The highest BCUT2D eigenvalue weighted by Crippen LogP contribution is 2.16. The zero-order valence-electron chi connectivity index (χ0n) is 6.45. The normalized spacial score (nSPS) is 13.3. The quantitative estimate of drug-likeness (QED) is 0.754. The van der Waals surface area contributed by atoms with Crippen molar-refractivity contribution in [2.75, 3.05) is 0 Å². The Morgan fingerprint density at radius 2 is 1.92 bits per heavy atom. The highest BCUT2D eigenvalue weighted by molar-refractivity contribution is 5.14. The standard InChI is InChI=1S/C8H10F2N2/c9-8(10)5-7(11)6-1-3-12-4-2-6/h1-4,7-8H,5,11H2/t7-/m1/s1. The molecule has 4 heteroatoms. The van der Waals surface area contributed by atoms with Crippen LogP contribution in [0, 0.1) is 0 Å². The van der Waals surface area contributed by atoms with E-state index >= 15 is 0 Å². The minimum Gasteiger partial charge on any atom is -0.324 e. The molecule has 1 heterocycles. The van der Waals surface area contributed by atoms with Crippen molar-refractivity contribution in [3.63, 3.8) is 0 Å². The average Bonchev–Trinajstić information content (AvgIpc) is 2.05. The molecular formula is C8H10F2N2. The van der Waals surface area contributed by atoms with Gasteiger partial charge in [-0.05, 0) is 17.7 Å². The maximum Gasteiger partial charge on any atom is 0.240 e. The van der Waals surface area contributed by atoms with Crippen molar-refractivity contribution < 1.29 is 8.78 Å². The maximum atomic E-state index is 11.9. The molecule has 0 aromatic carbocycles. The van der Waals surface area contributed by atoms with Gasteiger partial charge in [-0.3, -0.25) is 4.98 Å². The van der Waals surface area contributed by atoms with Crippen LogP contribution in [0.15, 0.2) is 24.5 Å². The summed E-state index contributed by atoms with van der Waals surface area (Å²) in [6.45, 7) is 0. The number of nitrogens with zero attached hydrogens (tertiary/aromatic N) is 1. The lowest BCUT2D eigenvalue weighted by atomic mass is 10.1. The lowest BCUT2D eigenvalue weighted by Crippen LogP contribution is -2.13. The largest absolute Gasteiger partial charge is 0.324 e. The van der Waals surface area contributed by atoms with Crippen molar-refractivity contribution in [3.8, 4) is 0 Å². The molecule has 0 aliphatic rings. The molecule has 1 rings (SSSR count). The predicted octanol–water partition coefficient (Wildman–Crippen LogP) is 1.74. The van der Waals surface area contributed by atoms with Gasteiger partial charge in [0, 0.05) is 24.9 Å². The highest BCUT2D eigenvalue weighted by atomic mass is 19.3. The Balaban J connectivity index is 2.59. The van der Waals surface area contributed by atoms with Crippen LogP contribution in [-0.4, -0.2) is 11.4 Å². The van der Waals surface area contributed by atoms with Crippen molar-refractivity contribution in [3.05, 3.63) is 30.1 Å². The lowest BCUT2D eigenvalue weighted by molar-refractivity contribution is 0.128. The molecule has 1 aromatic rings. The summed E-state index contributed by atoms with van der Waals surface area (Å²) in [7, 11) is 0. The van der Waals surface area contributed by atoms with Gasteiger partial charge >= 0.3 is 0 Å². The van der Waals surface area contributed by atoms with Crippen molar-refractivity contribution in [1.82, 2.24) is 4.98 Å². The Labute approximate surface area is 69.4 Å². The number of hydrogen-bond acceptors (Lipinski definition) is 2. The molecule has 1 aromatic heterocycles. The number of rotatable bonds is 3. The van der Waals surface area contributed by atoms with Crippen LogP contribution in [0.25, 0.3) is 0 Å². The number of halogens is 2. The Morgan fingerprint density at radius 1 is 1.33 bits per heavy atom. The van der Waals surface area contributed by atoms with E-state index in [9.17, 15) is 8.78 Å². The number of alkyl halides is 2. The molecule has 0 aliphatic heterocycles. The average molecular weight is 172 g/mol. The third-order valence-electron chi connectivity index (χ3n) is 1.57. The van der Waals surface area contributed by atoms with Crippen molar-refractivity contribution >= 4 is 0 Å². The molecule has 0 saturated heterocycles. The van der Waals surface area contributed by atoms with Gasteiger partial charge in [-0.25, -0.2) is 8.78 Å². The smallest absolute Gasteiger partial charge is 0.240 e. The monoisotopic (exact) mass is 172 g/mol. The number of aromatic nitrogens is 1. The first-order valence-corrected chi connectivity index (χ1v) is 3.64. The molecule has 0 fully saturated rings. The fourth-order valence-electron chi connectivity index (χ4n) is 0.939. The Morgan fingerprint density at radius 3 is 2.42 bits per heavy atom. The Kier molecular flexibility index (Phi) is 3.10. The molecule has 0 bridgehead atoms. The molecule has 1 atom stereocenters. The van der Waals surface area contributed by atoms with Crippen LogP contribution < -0.4 is 5.73 Å². The summed E-state index contributed by atoms with van der Waals surface area (Å²) >= 11 is 0. The first-order chi connectivity index (χ1) is 5.70. The second-order valence-corrected chi connectivity index (χ2v) is 2.51. The van der Waals surface area contributed by atoms with Crippen LogP contribution in [0.1, 0.15) is 18.0 Å². The van der Waals surface area contributed by atoms with Crippen LogP contribution in [0.3, 0.4) is 0 Å². The maximum absolute atomic E-state index is 11.9. The molecule has 2 nitrogen and oxygen atoms in total. The van der Waals surface area contributed by atoms with Crippen molar-refractivity contribution in [2.24, 2.45) is 5.73 Å². The fraction of sp³-hybridized carbons (Fsp3) is 0.375. The van der Waals surface area contributed by atoms with E-state index in [2.05, 4.69) is 4.98 Å². The van der Waals surface area contributed by atoms with Gasteiger partial charge in [-0.1, -0.05) is 0 Å². The van der Waals surface area contributed by atoms with Gasteiger partial charge in [0.2, 0.25) is 6.43 Å². The van der Waals surface area contributed by atoms with E-state index in [0.29, 0.717) is 5.56 Å². The summed E-state index contributed by atoms with van der Waals surface area (Å²) in [6.07, 6.45) is 0.430. The first kappa shape index (κ1) is 9.06. The minimum atomic E-state index is -2.35. The van der Waals surface area contributed by atoms with E-state index in [0.717, 1.165) is 0 Å². The van der Waals surface area contributed by atoms with Gasteiger partial charge < -0.3 is 5.73 Å². The molecule has 0 unspecified atom stereocenters. The SMILES string of the molecule is N[C@H](CC(F)F)c1ccncc1. The summed E-state index contributed by atoms with van der Waals surface area (Å²) in [6, 6.07) is 2.70. The van der Waals surface area contributed by atoms with Gasteiger partial charge in [0.05, 0.1) is 0 Å². The molecular weight excluding hydrogens is 162 g/mol. The zero-order chi connectivity index (χ0) is 8.97. The van der Waals surface area contributed by atoms with Crippen LogP contribution in [-0.2, 0) is 0 Å². The Hall–Kier alpha value is -1.03. The summed E-state index contributed by atoms with van der Waals surface area (Å²) in [4.78, 5) is 3.76.